The molecule has 6 heteroatoms. The lowest BCUT2D eigenvalue weighted by Crippen LogP contribution is -2.28. The molecule has 6 aromatic carbocycles. The number of hydrogen-bond acceptors (Lipinski definition) is 2. The van der Waals surface area contributed by atoms with Gasteiger partial charge < -0.3 is 10.6 Å². The molecule has 6 aromatic rings. The van der Waals surface area contributed by atoms with Gasteiger partial charge in [0.2, 0.25) is 0 Å². The van der Waals surface area contributed by atoms with Gasteiger partial charge in [0.25, 0.3) is 11.8 Å². The molecule has 49 heavy (non-hydrogen) atoms. The molecule has 238 valence electrons. The molecule has 4 nitrogen and oxygen atoms in total. The highest BCUT2D eigenvalue weighted by atomic mass is 35.5. The molecule has 0 unspecified atom stereocenters. The fraction of sp³-hybridized carbons (Fsp3) is 0.0233. The first-order valence-corrected chi connectivity index (χ1v) is 16.6. The van der Waals surface area contributed by atoms with Crippen LogP contribution in [0.2, 0.25) is 0 Å². The standard InChI is InChI=1S/C43H30Cl2N2O2/c44-39(27-29-11-3-1-4-12-29)41(48)46-33-23-19-31(20-24-33)43(37-17-9-7-15-35(37)36-16-8-10-18-38(36)43)32-21-25-34(26-22-32)47-42(49)40(45)28-30-13-5-2-6-14-30/h1-28H,(H,46,48)(H,47,49). The van der Waals surface area contributed by atoms with Crippen LogP contribution in [-0.2, 0) is 15.0 Å². The Morgan fingerprint density at radius 1 is 0.449 bits per heavy atom. The number of carbonyl (C=O) groups is 2. The maximum atomic E-state index is 13.0. The van der Waals surface area contributed by atoms with E-state index in [-0.39, 0.29) is 21.9 Å². The second-order valence-corrected chi connectivity index (χ2v) is 12.5. The van der Waals surface area contributed by atoms with E-state index < -0.39 is 5.41 Å². The first kappa shape index (κ1) is 31.9. The van der Waals surface area contributed by atoms with Crippen LogP contribution in [0.25, 0.3) is 23.3 Å². The maximum Gasteiger partial charge on any atom is 0.267 e. The van der Waals surface area contributed by atoms with Gasteiger partial charge in [0.05, 0.1) is 5.41 Å². The van der Waals surface area contributed by atoms with Gasteiger partial charge in [-0.15, -0.1) is 0 Å². The predicted molar refractivity (Wildman–Crippen MR) is 202 cm³/mol. The van der Waals surface area contributed by atoms with Crippen LogP contribution in [0.15, 0.2) is 168 Å². The predicted octanol–water partition coefficient (Wildman–Crippen LogP) is 10.5. The summed E-state index contributed by atoms with van der Waals surface area (Å²) in [6, 6.07) is 51.6. The molecule has 2 amide bonds. The Morgan fingerprint density at radius 2 is 0.796 bits per heavy atom. The van der Waals surface area contributed by atoms with Crippen molar-refractivity contribution in [3.63, 3.8) is 0 Å². The Labute approximate surface area is 295 Å². The summed E-state index contributed by atoms with van der Waals surface area (Å²) in [7, 11) is 0. The summed E-state index contributed by atoms with van der Waals surface area (Å²) in [5.41, 5.74) is 8.94. The molecular formula is C43H30Cl2N2O2. The Kier molecular flexibility index (Phi) is 8.99. The second-order valence-electron chi connectivity index (χ2n) is 11.7. The van der Waals surface area contributed by atoms with Crippen molar-refractivity contribution in [3.8, 4) is 11.1 Å². The highest BCUT2D eigenvalue weighted by Crippen LogP contribution is 2.56. The minimum Gasteiger partial charge on any atom is -0.321 e. The molecule has 0 radical (unpaired) electrons. The van der Waals surface area contributed by atoms with E-state index in [0.717, 1.165) is 44.5 Å². The molecular weight excluding hydrogens is 647 g/mol. The molecule has 0 aromatic heterocycles. The van der Waals surface area contributed by atoms with Gasteiger partial charge in [-0.1, -0.05) is 157 Å². The first-order chi connectivity index (χ1) is 23.9. The zero-order valence-corrected chi connectivity index (χ0v) is 27.8. The van der Waals surface area contributed by atoms with E-state index in [1.165, 1.54) is 0 Å². The third-order valence-electron chi connectivity index (χ3n) is 8.72. The number of benzene rings is 6. The highest BCUT2D eigenvalue weighted by molar-refractivity contribution is 6.46. The van der Waals surface area contributed by atoms with Gasteiger partial charge in [-0.05, 0) is 80.9 Å². The van der Waals surface area contributed by atoms with Crippen LogP contribution in [0.5, 0.6) is 0 Å². The SMILES string of the molecule is O=C(Nc1ccc(C2(c3ccc(NC(=O)C(Cl)=Cc4ccccc4)cc3)c3ccccc3-c3ccccc32)cc1)C(Cl)=Cc1ccccc1. The van der Waals surface area contributed by atoms with E-state index in [2.05, 4.69) is 59.2 Å². The molecule has 0 fully saturated rings. The van der Waals surface area contributed by atoms with E-state index in [9.17, 15) is 9.59 Å². The van der Waals surface area contributed by atoms with Crippen molar-refractivity contribution in [2.45, 2.75) is 5.41 Å². The fourth-order valence-electron chi connectivity index (χ4n) is 6.53. The van der Waals surface area contributed by atoms with E-state index in [1.54, 1.807) is 12.2 Å². The van der Waals surface area contributed by atoms with Crippen LogP contribution < -0.4 is 10.6 Å². The van der Waals surface area contributed by atoms with Crippen LogP contribution >= 0.6 is 23.2 Å². The zero-order valence-electron chi connectivity index (χ0n) is 26.2. The molecule has 0 aliphatic heterocycles. The Morgan fingerprint density at radius 3 is 1.18 bits per heavy atom. The Bertz CT molecular complexity index is 2050. The van der Waals surface area contributed by atoms with Crippen molar-refractivity contribution >= 4 is 58.5 Å². The summed E-state index contributed by atoms with van der Waals surface area (Å²) in [6.07, 6.45) is 3.29. The lowest BCUT2D eigenvalue weighted by atomic mass is 9.67. The number of nitrogens with one attached hydrogen (secondary N) is 2. The van der Waals surface area contributed by atoms with Crippen molar-refractivity contribution in [1.82, 2.24) is 0 Å². The van der Waals surface area contributed by atoms with Crippen molar-refractivity contribution in [2.24, 2.45) is 0 Å². The molecule has 1 aliphatic carbocycles. The molecule has 0 saturated carbocycles. The number of rotatable bonds is 8. The lowest BCUT2D eigenvalue weighted by Gasteiger charge is -2.34. The van der Waals surface area contributed by atoms with Crippen LogP contribution in [0.4, 0.5) is 11.4 Å². The summed E-state index contributed by atoms with van der Waals surface area (Å²) < 4.78 is 0. The highest BCUT2D eigenvalue weighted by Gasteiger charge is 2.45. The largest absolute Gasteiger partial charge is 0.321 e. The quantitative estimate of drug-likeness (QED) is 0.157. The number of amides is 2. The average molecular weight is 678 g/mol. The minimum atomic E-state index is -0.659. The van der Waals surface area contributed by atoms with E-state index in [1.807, 2.05) is 109 Å². The zero-order chi connectivity index (χ0) is 33.8. The summed E-state index contributed by atoms with van der Waals surface area (Å²) >= 11 is 12.8. The van der Waals surface area contributed by atoms with Crippen LogP contribution in [0.1, 0.15) is 33.4 Å². The van der Waals surface area contributed by atoms with Crippen molar-refractivity contribution < 1.29 is 9.59 Å². The van der Waals surface area contributed by atoms with E-state index in [0.29, 0.717) is 11.4 Å². The monoisotopic (exact) mass is 676 g/mol. The molecule has 7 rings (SSSR count). The van der Waals surface area contributed by atoms with Gasteiger partial charge in [-0.2, -0.15) is 0 Å². The Balaban J connectivity index is 1.23. The van der Waals surface area contributed by atoms with Crippen LogP contribution in [0.3, 0.4) is 0 Å². The van der Waals surface area contributed by atoms with E-state index in [4.69, 9.17) is 23.2 Å². The molecule has 0 heterocycles. The van der Waals surface area contributed by atoms with Crippen molar-refractivity contribution in [2.75, 3.05) is 10.6 Å². The molecule has 0 bridgehead atoms. The van der Waals surface area contributed by atoms with Gasteiger partial charge in [-0.25, -0.2) is 0 Å². The number of hydrogen-bond donors (Lipinski definition) is 2. The van der Waals surface area contributed by atoms with Gasteiger partial charge in [0, 0.05) is 11.4 Å². The number of carbonyl (C=O) groups excluding carboxylic acids is 2. The number of anilines is 2. The first-order valence-electron chi connectivity index (χ1n) is 15.8. The van der Waals surface area contributed by atoms with Crippen molar-refractivity contribution in [1.29, 1.82) is 0 Å². The van der Waals surface area contributed by atoms with Gasteiger partial charge in [0.1, 0.15) is 10.1 Å². The summed E-state index contributed by atoms with van der Waals surface area (Å²) in [5.74, 6) is -0.776. The lowest BCUT2D eigenvalue weighted by molar-refractivity contribution is -0.113. The van der Waals surface area contributed by atoms with E-state index >= 15 is 0 Å². The molecule has 1 aliphatic rings. The normalized spacial score (nSPS) is 13.3. The molecule has 0 atom stereocenters. The van der Waals surface area contributed by atoms with Crippen LogP contribution in [0, 0.1) is 0 Å². The fourth-order valence-corrected chi connectivity index (χ4v) is 6.88. The number of halogens is 2. The third-order valence-corrected chi connectivity index (χ3v) is 9.29. The number of fused-ring (bicyclic) bond motifs is 3. The average Bonchev–Trinajstić information content (AvgIpc) is 3.44. The smallest absolute Gasteiger partial charge is 0.267 e. The third kappa shape index (κ3) is 6.32. The van der Waals surface area contributed by atoms with Gasteiger partial charge >= 0.3 is 0 Å². The summed E-state index contributed by atoms with van der Waals surface area (Å²) in [5, 5.41) is 6.04. The van der Waals surface area contributed by atoms with Gasteiger partial charge in [-0.3, -0.25) is 9.59 Å². The second kappa shape index (κ2) is 13.8. The van der Waals surface area contributed by atoms with Gasteiger partial charge in [0.15, 0.2) is 0 Å². The molecule has 0 saturated heterocycles. The summed E-state index contributed by atoms with van der Waals surface area (Å²) in [4.78, 5) is 25.9. The van der Waals surface area contributed by atoms with Crippen molar-refractivity contribution in [3.05, 3.63) is 201 Å². The topological polar surface area (TPSA) is 58.2 Å². The minimum absolute atomic E-state index is 0.0921. The molecule has 2 N–H and O–H groups in total. The molecule has 0 spiro atoms. The Hall–Kier alpha value is -5.68. The van der Waals surface area contributed by atoms with Crippen LogP contribution in [-0.4, -0.2) is 11.8 Å². The maximum absolute atomic E-state index is 13.0. The summed E-state index contributed by atoms with van der Waals surface area (Å²) in [6.45, 7) is 0.